The van der Waals surface area contributed by atoms with Gasteiger partial charge >= 0.3 is 0 Å². The van der Waals surface area contributed by atoms with Crippen molar-refractivity contribution in [1.82, 2.24) is 20.7 Å². The van der Waals surface area contributed by atoms with Crippen molar-refractivity contribution in [2.24, 2.45) is 4.99 Å². The van der Waals surface area contributed by atoms with Crippen LogP contribution in [0, 0.1) is 0 Å². The van der Waals surface area contributed by atoms with Crippen LogP contribution in [0.25, 0.3) is 11.3 Å². The number of benzene rings is 1. The van der Waals surface area contributed by atoms with Crippen molar-refractivity contribution in [3.05, 3.63) is 42.1 Å². The molecule has 0 bridgehead atoms. The molecule has 0 amide bonds. The first-order valence-corrected chi connectivity index (χ1v) is 9.03. The summed E-state index contributed by atoms with van der Waals surface area (Å²) in [6.07, 6.45) is 4.02. The first-order chi connectivity index (χ1) is 12.3. The number of nitrogens with zero attached hydrogens (tertiary/aromatic N) is 3. The molecule has 0 saturated carbocycles. The van der Waals surface area contributed by atoms with Gasteiger partial charge in [0.25, 0.3) is 0 Å². The highest BCUT2D eigenvalue weighted by molar-refractivity contribution is 14.0. The van der Waals surface area contributed by atoms with Crippen molar-refractivity contribution >= 4 is 29.9 Å². The summed E-state index contributed by atoms with van der Waals surface area (Å²) in [6.45, 7) is 4.97. The van der Waals surface area contributed by atoms with Gasteiger partial charge in [0.05, 0.1) is 6.54 Å². The summed E-state index contributed by atoms with van der Waals surface area (Å²) in [4.78, 5) is 6.78. The van der Waals surface area contributed by atoms with Crippen LogP contribution in [0.15, 0.2) is 45.9 Å². The number of likely N-dealkylation sites (tertiary alicyclic amines) is 1. The standard InChI is InChI=1S/C19H27N5O.HI/c1-20-19(21-10-13-24-11-6-3-7-12-24)22-15-17-14-18(25-23-17)16-8-4-2-5-9-16;/h2,4-5,8-9,14H,3,6-7,10-13,15H2,1H3,(H2,20,21,22);1H. The second-order valence-corrected chi connectivity index (χ2v) is 6.30. The minimum Gasteiger partial charge on any atom is -0.356 e. The lowest BCUT2D eigenvalue weighted by Crippen LogP contribution is -2.42. The third kappa shape index (κ3) is 6.28. The SMILES string of the molecule is CN=C(NCCN1CCCCC1)NCc1cc(-c2ccccc2)on1.I. The Kier molecular flexibility index (Phi) is 8.90. The highest BCUT2D eigenvalue weighted by Gasteiger charge is 2.10. The fraction of sp³-hybridized carbons (Fsp3) is 0.474. The Hall–Kier alpha value is -1.61. The number of hydrogen-bond acceptors (Lipinski definition) is 4. The largest absolute Gasteiger partial charge is 0.356 e. The fourth-order valence-electron chi connectivity index (χ4n) is 3.04. The van der Waals surface area contributed by atoms with Gasteiger partial charge in [-0.05, 0) is 25.9 Å². The Labute approximate surface area is 172 Å². The van der Waals surface area contributed by atoms with Gasteiger partial charge in [0.1, 0.15) is 5.69 Å². The number of guanidine groups is 1. The maximum absolute atomic E-state index is 5.42. The van der Waals surface area contributed by atoms with Crippen LogP contribution in [0.1, 0.15) is 25.0 Å². The fourth-order valence-corrected chi connectivity index (χ4v) is 3.04. The minimum atomic E-state index is 0. The van der Waals surface area contributed by atoms with E-state index in [-0.39, 0.29) is 24.0 Å². The average Bonchev–Trinajstić information content (AvgIpc) is 3.15. The molecular weight excluding hydrogens is 441 g/mol. The van der Waals surface area contributed by atoms with Gasteiger partial charge in [-0.3, -0.25) is 4.99 Å². The molecule has 0 unspecified atom stereocenters. The highest BCUT2D eigenvalue weighted by Crippen LogP contribution is 2.19. The van der Waals surface area contributed by atoms with E-state index >= 15 is 0 Å². The first kappa shape index (κ1) is 20.7. The number of halogens is 1. The quantitative estimate of drug-likeness (QED) is 0.387. The van der Waals surface area contributed by atoms with Crippen LogP contribution in [0.3, 0.4) is 0 Å². The minimum absolute atomic E-state index is 0. The van der Waals surface area contributed by atoms with Crippen molar-refractivity contribution in [3.8, 4) is 11.3 Å². The number of hydrogen-bond donors (Lipinski definition) is 2. The lowest BCUT2D eigenvalue weighted by Gasteiger charge is -2.26. The maximum atomic E-state index is 5.42. The summed E-state index contributed by atoms with van der Waals surface area (Å²) in [5, 5.41) is 10.8. The highest BCUT2D eigenvalue weighted by atomic mass is 127. The number of aromatic nitrogens is 1. The summed E-state index contributed by atoms with van der Waals surface area (Å²) in [5.41, 5.74) is 1.89. The predicted molar refractivity (Wildman–Crippen MR) is 116 cm³/mol. The van der Waals surface area contributed by atoms with Crippen LogP contribution in [0.4, 0.5) is 0 Å². The second-order valence-electron chi connectivity index (χ2n) is 6.30. The summed E-state index contributed by atoms with van der Waals surface area (Å²) in [7, 11) is 1.79. The van der Waals surface area contributed by atoms with Gasteiger partial charge in [0.2, 0.25) is 0 Å². The molecule has 0 spiro atoms. The Bertz CT molecular complexity index is 668. The molecular formula is C19H28IN5O. The molecule has 1 aromatic carbocycles. The van der Waals surface area contributed by atoms with Gasteiger partial charge in [0, 0.05) is 31.8 Å². The first-order valence-electron chi connectivity index (χ1n) is 9.03. The summed E-state index contributed by atoms with van der Waals surface area (Å²) >= 11 is 0. The van der Waals surface area contributed by atoms with Gasteiger partial charge < -0.3 is 20.1 Å². The zero-order valence-electron chi connectivity index (χ0n) is 15.3. The van der Waals surface area contributed by atoms with Crippen LogP contribution in [-0.4, -0.2) is 49.2 Å². The smallest absolute Gasteiger partial charge is 0.191 e. The van der Waals surface area contributed by atoms with Gasteiger partial charge in [-0.15, -0.1) is 24.0 Å². The molecule has 26 heavy (non-hydrogen) atoms. The third-order valence-electron chi connectivity index (χ3n) is 4.45. The molecule has 142 valence electrons. The molecule has 1 aromatic heterocycles. The van der Waals surface area contributed by atoms with Crippen molar-refractivity contribution in [1.29, 1.82) is 0 Å². The number of aliphatic imine (C=N–C) groups is 1. The molecule has 7 heteroatoms. The third-order valence-corrected chi connectivity index (χ3v) is 4.45. The topological polar surface area (TPSA) is 65.7 Å². The number of rotatable bonds is 6. The zero-order chi connectivity index (χ0) is 17.3. The van der Waals surface area contributed by atoms with Crippen molar-refractivity contribution in [2.45, 2.75) is 25.8 Å². The molecule has 1 aliphatic rings. The second kappa shape index (κ2) is 11.2. The molecule has 0 radical (unpaired) electrons. The summed E-state index contributed by atoms with van der Waals surface area (Å²) in [5.74, 6) is 1.58. The Morgan fingerprint density at radius 1 is 1.15 bits per heavy atom. The van der Waals surface area contributed by atoms with E-state index in [4.69, 9.17) is 4.52 Å². The number of nitrogens with one attached hydrogen (secondary N) is 2. The van der Waals surface area contributed by atoms with Crippen LogP contribution in [-0.2, 0) is 6.54 Å². The summed E-state index contributed by atoms with van der Waals surface area (Å²) < 4.78 is 5.42. The Morgan fingerprint density at radius 2 is 1.92 bits per heavy atom. The molecule has 6 nitrogen and oxygen atoms in total. The van der Waals surface area contributed by atoms with Crippen LogP contribution >= 0.6 is 24.0 Å². The van der Waals surface area contributed by atoms with Gasteiger partial charge in [-0.1, -0.05) is 41.9 Å². The zero-order valence-corrected chi connectivity index (χ0v) is 17.6. The summed E-state index contributed by atoms with van der Waals surface area (Å²) in [6, 6.07) is 12.0. The Morgan fingerprint density at radius 3 is 2.65 bits per heavy atom. The molecule has 1 aliphatic heterocycles. The molecule has 3 rings (SSSR count). The molecule has 2 aromatic rings. The van der Waals surface area contributed by atoms with E-state index in [9.17, 15) is 0 Å². The van der Waals surface area contributed by atoms with E-state index in [1.54, 1.807) is 7.05 Å². The lowest BCUT2D eigenvalue weighted by molar-refractivity contribution is 0.232. The predicted octanol–water partition coefficient (Wildman–Crippen LogP) is 3.11. The van der Waals surface area contributed by atoms with Crippen molar-refractivity contribution in [3.63, 3.8) is 0 Å². The van der Waals surface area contributed by atoms with Crippen molar-refractivity contribution < 1.29 is 4.52 Å². The van der Waals surface area contributed by atoms with E-state index < -0.39 is 0 Å². The molecule has 0 aliphatic carbocycles. The van der Waals surface area contributed by atoms with E-state index in [1.807, 2.05) is 36.4 Å². The van der Waals surface area contributed by atoms with E-state index in [1.165, 1.54) is 32.4 Å². The molecule has 1 saturated heterocycles. The van der Waals surface area contributed by atoms with Gasteiger partial charge in [-0.25, -0.2) is 0 Å². The molecule has 0 atom stereocenters. The normalized spacial score (nSPS) is 15.3. The van der Waals surface area contributed by atoms with Crippen LogP contribution in [0.2, 0.25) is 0 Å². The van der Waals surface area contributed by atoms with Gasteiger partial charge in [-0.2, -0.15) is 0 Å². The molecule has 2 N–H and O–H groups in total. The Balaban J connectivity index is 0.00000243. The van der Waals surface area contributed by atoms with Gasteiger partial charge in [0.15, 0.2) is 11.7 Å². The monoisotopic (exact) mass is 469 g/mol. The average molecular weight is 469 g/mol. The maximum Gasteiger partial charge on any atom is 0.191 e. The van der Waals surface area contributed by atoms with E-state index in [0.29, 0.717) is 6.54 Å². The lowest BCUT2D eigenvalue weighted by atomic mass is 10.1. The van der Waals surface area contributed by atoms with E-state index in [0.717, 1.165) is 36.1 Å². The van der Waals surface area contributed by atoms with Crippen molar-refractivity contribution in [2.75, 3.05) is 33.2 Å². The number of piperidine rings is 1. The van der Waals surface area contributed by atoms with Crippen LogP contribution < -0.4 is 10.6 Å². The molecule has 2 heterocycles. The van der Waals surface area contributed by atoms with Crippen LogP contribution in [0.5, 0.6) is 0 Å². The molecule has 1 fully saturated rings. The van der Waals surface area contributed by atoms with E-state index in [2.05, 4.69) is 25.7 Å².